The van der Waals surface area contributed by atoms with Crippen molar-refractivity contribution in [1.29, 1.82) is 0 Å². The fourth-order valence-corrected chi connectivity index (χ4v) is 5.24. The molecule has 1 aliphatic carbocycles. The fraction of sp³-hybridized carbons (Fsp3) is 0.303. The Labute approximate surface area is 229 Å². The molecule has 3 aromatic carbocycles. The molecule has 1 aliphatic rings. The molecule has 6 heteroatoms. The molecule has 0 unspecified atom stereocenters. The molecule has 0 aliphatic heterocycles. The number of carboxylic acids is 1. The average molecular weight is 523 g/mol. The maximum absolute atomic E-state index is 13.2. The van der Waals surface area contributed by atoms with Gasteiger partial charge in [0.2, 0.25) is 0 Å². The first-order chi connectivity index (χ1) is 18.7. The van der Waals surface area contributed by atoms with E-state index in [2.05, 4.69) is 38.2 Å². The Morgan fingerprint density at radius 2 is 1.64 bits per heavy atom. The predicted molar refractivity (Wildman–Crippen MR) is 154 cm³/mol. The van der Waals surface area contributed by atoms with Crippen LogP contribution in [-0.2, 0) is 11.8 Å². The molecule has 1 heterocycles. The van der Waals surface area contributed by atoms with Gasteiger partial charge in [0.1, 0.15) is 17.2 Å². The van der Waals surface area contributed by atoms with Crippen LogP contribution in [-0.4, -0.2) is 22.0 Å². The van der Waals surface area contributed by atoms with Crippen LogP contribution in [0.2, 0.25) is 0 Å². The maximum atomic E-state index is 13.2. The minimum atomic E-state index is -1.10. The molecule has 4 aromatic rings. The van der Waals surface area contributed by atoms with Crippen LogP contribution in [0, 0.1) is 5.92 Å². The van der Waals surface area contributed by atoms with E-state index in [9.17, 15) is 14.7 Å². The highest BCUT2D eigenvalue weighted by Gasteiger charge is 2.21. The van der Waals surface area contributed by atoms with Crippen LogP contribution in [0.4, 0.5) is 5.69 Å². The number of aromatic carboxylic acids is 1. The van der Waals surface area contributed by atoms with Crippen molar-refractivity contribution in [3.8, 4) is 11.5 Å². The molecule has 200 valence electrons. The summed E-state index contributed by atoms with van der Waals surface area (Å²) in [5, 5.41) is 14.1. The van der Waals surface area contributed by atoms with Crippen molar-refractivity contribution in [1.82, 2.24) is 4.98 Å². The van der Waals surface area contributed by atoms with Crippen LogP contribution in [0.25, 0.3) is 10.8 Å². The van der Waals surface area contributed by atoms with E-state index < -0.39 is 11.9 Å². The van der Waals surface area contributed by atoms with Gasteiger partial charge in [-0.25, -0.2) is 9.78 Å². The fourth-order valence-electron chi connectivity index (χ4n) is 5.24. The lowest BCUT2D eigenvalue weighted by Gasteiger charge is -2.19. The van der Waals surface area contributed by atoms with Crippen LogP contribution in [0.1, 0.15) is 78.6 Å². The van der Waals surface area contributed by atoms with Gasteiger partial charge >= 0.3 is 5.97 Å². The minimum absolute atomic E-state index is 0.0372. The van der Waals surface area contributed by atoms with E-state index in [1.165, 1.54) is 24.5 Å². The first kappa shape index (κ1) is 26.4. The Morgan fingerprint density at radius 1 is 0.949 bits per heavy atom. The molecule has 0 spiro atoms. The number of carbonyl (C=O) groups is 2. The van der Waals surface area contributed by atoms with Gasteiger partial charge in [-0.2, -0.15) is 0 Å². The topological polar surface area (TPSA) is 88.5 Å². The van der Waals surface area contributed by atoms with Gasteiger partial charge in [0.15, 0.2) is 0 Å². The Morgan fingerprint density at radius 3 is 2.33 bits per heavy atom. The lowest BCUT2D eigenvalue weighted by atomic mass is 9.87. The van der Waals surface area contributed by atoms with Crippen molar-refractivity contribution in [2.24, 2.45) is 5.92 Å². The second-order valence-electron chi connectivity index (χ2n) is 11.4. The number of anilines is 1. The van der Waals surface area contributed by atoms with Crippen LogP contribution in [0.5, 0.6) is 11.5 Å². The highest BCUT2D eigenvalue weighted by Crippen LogP contribution is 2.33. The van der Waals surface area contributed by atoms with Crippen LogP contribution in [0.3, 0.4) is 0 Å². The van der Waals surface area contributed by atoms with E-state index in [4.69, 9.17) is 9.72 Å². The number of ether oxygens (including phenoxy) is 1. The number of benzene rings is 3. The smallest absolute Gasteiger partial charge is 0.337 e. The van der Waals surface area contributed by atoms with E-state index in [0.717, 1.165) is 41.5 Å². The number of para-hydroxylation sites is 1. The van der Waals surface area contributed by atoms with Gasteiger partial charge in [-0.3, -0.25) is 4.79 Å². The number of aromatic nitrogens is 1. The third-order valence-corrected chi connectivity index (χ3v) is 7.43. The summed E-state index contributed by atoms with van der Waals surface area (Å²) < 4.78 is 6.21. The first-order valence-electron chi connectivity index (χ1n) is 13.5. The second kappa shape index (κ2) is 10.9. The summed E-state index contributed by atoms with van der Waals surface area (Å²) in [4.78, 5) is 29.7. The number of nitrogens with zero attached hydrogens (tertiary/aromatic N) is 1. The van der Waals surface area contributed by atoms with Crippen LogP contribution < -0.4 is 10.1 Å². The zero-order valence-electron chi connectivity index (χ0n) is 22.7. The van der Waals surface area contributed by atoms with Gasteiger partial charge in [0.05, 0.1) is 11.3 Å². The molecule has 1 amide bonds. The second-order valence-corrected chi connectivity index (χ2v) is 11.4. The number of hydrogen-bond donors (Lipinski definition) is 2. The summed E-state index contributed by atoms with van der Waals surface area (Å²) in [6.45, 7) is 6.56. The highest BCUT2D eigenvalue weighted by molar-refractivity contribution is 6.08. The van der Waals surface area contributed by atoms with E-state index in [0.29, 0.717) is 11.7 Å². The van der Waals surface area contributed by atoms with Gasteiger partial charge in [0, 0.05) is 11.1 Å². The van der Waals surface area contributed by atoms with Crippen molar-refractivity contribution < 1.29 is 19.4 Å². The number of rotatable bonds is 7. The summed E-state index contributed by atoms with van der Waals surface area (Å²) in [5.74, 6) is 0.479. The molecular weight excluding hydrogens is 488 g/mol. The van der Waals surface area contributed by atoms with Crippen molar-refractivity contribution in [2.75, 3.05) is 5.32 Å². The Bertz CT molecular complexity index is 1510. The zero-order chi connectivity index (χ0) is 27.6. The number of fused-ring (bicyclic) bond motifs is 1. The van der Waals surface area contributed by atoms with Crippen LogP contribution in [0.15, 0.2) is 72.8 Å². The molecule has 0 bridgehead atoms. The SMILES string of the molecule is CC(C)(C)c1ccc(Oc2ccc3cc(C(=O)Nc4ccccc4C(=O)O)nc(CC4CCCC4)c3c2)cc1. The number of carbonyl (C=O) groups excluding carboxylic acids is 1. The van der Waals surface area contributed by atoms with Crippen LogP contribution >= 0.6 is 0 Å². The van der Waals surface area contributed by atoms with Gasteiger partial charge in [-0.15, -0.1) is 0 Å². The highest BCUT2D eigenvalue weighted by atomic mass is 16.5. The van der Waals surface area contributed by atoms with Gasteiger partial charge in [0.25, 0.3) is 5.91 Å². The van der Waals surface area contributed by atoms with E-state index >= 15 is 0 Å². The lowest BCUT2D eigenvalue weighted by Crippen LogP contribution is -2.17. The molecule has 0 saturated heterocycles. The van der Waals surface area contributed by atoms with Gasteiger partial charge < -0.3 is 15.2 Å². The Balaban J connectivity index is 1.47. The lowest BCUT2D eigenvalue weighted by molar-refractivity contribution is 0.0698. The zero-order valence-corrected chi connectivity index (χ0v) is 22.7. The molecule has 39 heavy (non-hydrogen) atoms. The monoisotopic (exact) mass is 522 g/mol. The molecular formula is C33H34N2O4. The standard InChI is InChI=1S/C33H34N2O4/c1-33(2,3)23-13-16-24(17-14-23)39-25-15-12-22-19-30(31(36)35-28-11-7-6-10-26(28)32(37)38)34-29(27(22)20-25)18-21-8-4-5-9-21/h6-7,10-17,19-21H,4-5,8-9,18H2,1-3H3,(H,35,36)(H,37,38). The Kier molecular flexibility index (Phi) is 7.38. The Hall–Kier alpha value is -4.19. The number of nitrogens with one attached hydrogen (secondary N) is 1. The third kappa shape index (κ3) is 6.11. The maximum Gasteiger partial charge on any atom is 0.337 e. The normalized spacial score (nSPS) is 13.9. The van der Waals surface area contributed by atoms with E-state index in [-0.39, 0.29) is 22.4 Å². The molecule has 6 nitrogen and oxygen atoms in total. The van der Waals surface area contributed by atoms with Crippen molar-refractivity contribution in [2.45, 2.75) is 58.3 Å². The summed E-state index contributed by atoms with van der Waals surface area (Å²) in [6, 6.07) is 22.2. The summed E-state index contributed by atoms with van der Waals surface area (Å²) >= 11 is 0. The molecule has 1 aromatic heterocycles. The summed E-state index contributed by atoms with van der Waals surface area (Å²) in [7, 11) is 0. The first-order valence-corrected chi connectivity index (χ1v) is 13.5. The molecule has 1 saturated carbocycles. The van der Waals surface area contributed by atoms with Crippen molar-refractivity contribution >= 4 is 28.3 Å². The molecule has 5 rings (SSSR count). The van der Waals surface area contributed by atoms with E-state index in [1.807, 2.05) is 30.3 Å². The number of hydrogen-bond acceptors (Lipinski definition) is 4. The predicted octanol–water partition coefficient (Wildman–Crippen LogP) is 8.01. The summed E-state index contributed by atoms with van der Waals surface area (Å²) in [5.41, 5.74) is 2.73. The minimum Gasteiger partial charge on any atom is -0.478 e. The van der Waals surface area contributed by atoms with Gasteiger partial charge in [-0.05, 0) is 71.2 Å². The number of pyridine rings is 1. The van der Waals surface area contributed by atoms with Gasteiger partial charge in [-0.1, -0.05) is 76.8 Å². The average Bonchev–Trinajstić information content (AvgIpc) is 3.42. The molecule has 1 fully saturated rings. The quantitative estimate of drug-likeness (QED) is 0.257. The summed E-state index contributed by atoms with van der Waals surface area (Å²) in [6.07, 6.45) is 5.53. The molecule has 2 N–H and O–H groups in total. The number of amides is 1. The molecule has 0 atom stereocenters. The number of carboxylic acid groups (broad SMARTS) is 1. The van der Waals surface area contributed by atoms with Crippen molar-refractivity contribution in [3.05, 3.63) is 95.3 Å². The van der Waals surface area contributed by atoms with Crippen molar-refractivity contribution in [3.63, 3.8) is 0 Å². The third-order valence-electron chi connectivity index (χ3n) is 7.43. The van der Waals surface area contributed by atoms with E-state index in [1.54, 1.807) is 24.3 Å². The molecule has 0 radical (unpaired) electrons. The largest absolute Gasteiger partial charge is 0.478 e.